The van der Waals surface area contributed by atoms with Gasteiger partial charge in [-0.05, 0) is 101 Å². The zero-order chi connectivity index (χ0) is 23.8. The third-order valence-corrected chi connectivity index (χ3v) is 6.71. The van der Waals surface area contributed by atoms with Gasteiger partial charge in [-0.2, -0.15) is 13.2 Å². The first-order chi connectivity index (χ1) is 14.8. The molecule has 1 aliphatic carbocycles. The van der Waals surface area contributed by atoms with Crippen LogP contribution in [0.1, 0.15) is 46.5 Å². The molecular formula is C23H31F3IN3O2. The number of hydrogen-bond donors (Lipinski definition) is 0. The molecule has 1 aromatic heterocycles. The number of aromatic nitrogens is 1. The predicted octanol–water partition coefficient (Wildman–Crippen LogP) is 6.42. The van der Waals surface area contributed by atoms with Gasteiger partial charge < -0.3 is 14.2 Å². The molecule has 0 spiro atoms. The standard InChI is InChI=1S/C23H31F3IN3O2/c1-22(2,3)32-21(31)30(16-11-9-15(10-12-16)28(4)5)19-8-6-7-18-17(19)13-20(27)29(18)14-23(24,25)26/h6-8,13,15-16H,9-12,14H2,1-5H3. The molecule has 5 nitrogen and oxygen atoms in total. The van der Waals surface area contributed by atoms with Gasteiger partial charge >= 0.3 is 12.3 Å². The molecule has 0 saturated heterocycles. The van der Waals surface area contributed by atoms with E-state index in [-0.39, 0.29) is 6.04 Å². The highest BCUT2D eigenvalue weighted by Gasteiger charge is 2.35. The number of alkyl halides is 3. The molecule has 2 aromatic rings. The molecule has 3 rings (SSSR count). The van der Waals surface area contributed by atoms with E-state index >= 15 is 0 Å². The van der Waals surface area contributed by atoms with Gasteiger partial charge in [0.2, 0.25) is 0 Å². The van der Waals surface area contributed by atoms with Crippen molar-refractivity contribution < 1.29 is 22.7 Å². The maximum absolute atomic E-state index is 13.3. The molecule has 0 atom stereocenters. The summed E-state index contributed by atoms with van der Waals surface area (Å²) in [6.45, 7) is 4.37. The van der Waals surface area contributed by atoms with Crippen molar-refractivity contribution >= 4 is 45.3 Å². The molecule has 1 aromatic carbocycles. The van der Waals surface area contributed by atoms with Gasteiger partial charge in [-0.3, -0.25) is 4.90 Å². The summed E-state index contributed by atoms with van der Waals surface area (Å²) >= 11 is 1.92. The Morgan fingerprint density at radius 1 is 1.12 bits per heavy atom. The summed E-state index contributed by atoms with van der Waals surface area (Å²) in [7, 11) is 4.12. The first kappa shape index (κ1) is 25.1. The zero-order valence-corrected chi connectivity index (χ0v) is 21.3. The Bertz CT molecular complexity index is 958. The Hall–Kier alpha value is -1.49. The number of rotatable bonds is 4. The molecule has 32 heavy (non-hydrogen) atoms. The first-order valence-electron chi connectivity index (χ1n) is 10.8. The second kappa shape index (κ2) is 9.40. The molecule has 1 amide bonds. The smallest absolute Gasteiger partial charge is 0.415 e. The van der Waals surface area contributed by atoms with Crippen LogP contribution >= 0.6 is 22.6 Å². The highest BCUT2D eigenvalue weighted by molar-refractivity contribution is 14.1. The number of carbonyl (C=O) groups excluding carboxylic acids is 1. The third-order valence-electron chi connectivity index (χ3n) is 5.82. The number of fused-ring (bicyclic) bond motifs is 1. The second-order valence-corrected chi connectivity index (χ2v) is 10.8. The fourth-order valence-corrected chi connectivity index (χ4v) is 5.12. The number of halogens is 4. The summed E-state index contributed by atoms with van der Waals surface area (Å²) in [6, 6.07) is 7.29. The molecule has 0 radical (unpaired) electrons. The average molecular weight is 565 g/mol. The van der Waals surface area contributed by atoms with Crippen molar-refractivity contribution in [3.63, 3.8) is 0 Å². The minimum atomic E-state index is -4.34. The maximum atomic E-state index is 13.3. The SMILES string of the molecule is CN(C)C1CCC(N(C(=O)OC(C)(C)C)c2cccc3c2cc(I)n3CC(F)(F)F)CC1. The van der Waals surface area contributed by atoms with Gasteiger partial charge in [0.05, 0.1) is 14.9 Å². The van der Waals surface area contributed by atoms with Gasteiger partial charge in [0, 0.05) is 17.5 Å². The molecule has 178 valence electrons. The van der Waals surface area contributed by atoms with Crippen LogP contribution in [0.2, 0.25) is 0 Å². The van der Waals surface area contributed by atoms with E-state index in [1.807, 2.05) is 43.4 Å². The maximum Gasteiger partial charge on any atom is 0.415 e. The van der Waals surface area contributed by atoms with Crippen molar-refractivity contribution in [2.45, 2.75) is 76.9 Å². The van der Waals surface area contributed by atoms with Crippen LogP contribution in [0.3, 0.4) is 0 Å². The summed E-state index contributed by atoms with van der Waals surface area (Å²) in [5, 5.41) is 0.627. The van der Waals surface area contributed by atoms with E-state index in [0.29, 0.717) is 26.3 Å². The van der Waals surface area contributed by atoms with Crippen LogP contribution in [0.4, 0.5) is 23.7 Å². The van der Waals surface area contributed by atoms with E-state index in [1.165, 1.54) is 4.57 Å². The van der Waals surface area contributed by atoms with E-state index in [9.17, 15) is 18.0 Å². The quantitative estimate of drug-likeness (QED) is 0.402. The van der Waals surface area contributed by atoms with Crippen molar-refractivity contribution in [1.29, 1.82) is 0 Å². The van der Waals surface area contributed by atoms with Crippen LogP contribution in [-0.2, 0) is 11.3 Å². The van der Waals surface area contributed by atoms with Gasteiger partial charge in [0.1, 0.15) is 12.1 Å². The summed E-state index contributed by atoms with van der Waals surface area (Å²) in [5.74, 6) is 0. The van der Waals surface area contributed by atoms with Gasteiger partial charge in [-0.15, -0.1) is 0 Å². The lowest BCUT2D eigenvalue weighted by Gasteiger charge is -2.39. The highest BCUT2D eigenvalue weighted by Crippen LogP contribution is 2.37. The van der Waals surface area contributed by atoms with Crippen LogP contribution in [0.15, 0.2) is 24.3 Å². The molecule has 0 N–H and O–H groups in total. The average Bonchev–Trinajstić information content (AvgIpc) is 2.96. The molecule has 9 heteroatoms. The molecule has 0 bridgehead atoms. The Morgan fingerprint density at radius 3 is 2.25 bits per heavy atom. The monoisotopic (exact) mass is 565 g/mol. The van der Waals surface area contributed by atoms with E-state index in [2.05, 4.69) is 19.0 Å². The lowest BCUT2D eigenvalue weighted by atomic mass is 9.89. The zero-order valence-electron chi connectivity index (χ0n) is 19.2. The Balaban J connectivity index is 2.05. The number of anilines is 1. The highest BCUT2D eigenvalue weighted by atomic mass is 127. The van der Waals surface area contributed by atoms with E-state index in [4.69, 9.17) is 4.74 Å². The van der Waals surface area contributed by atoms with E-state index in [0.717, 1.165) is 25.7 Å². The van der Waals surface area contributed by atoms with Gasteiger partial charge in [0.25, 0.3) is 0 Å². The second-order valence-electron chi connectivity index (χ2n) is 9.65. The lowest BCUT2D eigenvalue weighted by molar-refractivity contribution is -0.140. The van der Waals surface area contributed by atoms with Crippen molar-refractivity contribution in [2.75, 3.05) is 19.0 Å². The van der Waals surface area contributed by atoms with Crippen molar-refractivity contribution in [2.24, 2.45) is 0 Å². The lowest BCUT2D eigenvalue weighted by Crippen LogP contribution is -2.47. The number of nitrogens with zero attached hydrogens (tertiary/aromatic N) is 3. The molecule has 0 aliphatic heterocycles. The third kappa shape index (κ3) is 5.89. The van der Waals surface area contributed by atoms with Gasteiger partial charge in [0.15, 0.2) is 0 Å². The van der Waals surface area contributed by atoms with Crippen LogP contribution in [0.5, 0.6) is 0 Å². The van der Waals surface area contributed by atoms with Crippen molar-refractivity contribution in [3.8, 4) is 0 Å². The predicted molar refractivity (Wildman–Crippen MR) is 129 cm³/mol. The largest absolute Gasteiger partial charge is 0.443 e. The molecule has 1 saturated carbocycles. The van der Waals surface area contributed by atoms with E-state index in [1.54, 1.807) is 29.2 Å². The van der Waals surface area contributed by atoms with Crippen LogP contribution in [0.25, 0.3) is 10.9 Å². The molecule has 1 aliphatic rings. The summed E-state index contributed by atoms with van der Waals surface area (Å²) in [6.07, 6.45) is -1.30. The van der Waals surface area contributed by atoms with Crippen LogP contribution in [0, 0.1) is 3.70 Å². The number of hydrogen-bond acceptors (Lipinski definition) is 3. The molecule has 1 fully saturated rings. The van der Waals surface area contributed by atoms with E-state index < -0.39 is 24.4 Å². The topological polar surface area (TPSA) is 37.7 Å². The molecular weight excluding hydrogens is 534 g/mol. The van der Waals surface area contributed by atoms with Crippen molar-refractivity contribution in [1.82, 2.24) is 9.47 Å². The fourth-order valence-electron chi connectivity index (χ4n) is 4.37. The van der Waals surface area contributed by atoms with Gasteiger partial charge in [-0.1, -0.05) is 6.07 Å². The summed E-state index contributed by atoms with van der Waals surface area (Å²) in [5.41, 5.74) is 0.379. The number of benzene rings is 1. The van der Waals surface area contributed by atoms with Gasteiger partial charge in [-0.25, -0.2) is 4.79 Å². The summed E-state index contributed by atoms with van der Waals surface area (Å²) in [4.78, 5) is 17.2. The Labute approximate surface area is 201 Å². The minimum Gasteiger partial charge on any atom is -0.443 e. The first-order valence-corrected chi connectivity index (χ1v) is 11.9. The summed E-state index contributed by atoms with van der Waals surface area (Å²) < 4.78 is 47.0. The molecule has 0 unspecified atom stereocenters. The van der Waals surface area contributed by atoms with Crippen molar-refractivity contribution in [3.05, 3.63) is 28.0 Å². The Kier molecular flexibility index (Phi) is 7.39. The molecule has 1 heterocycles. The number of amides is 1. The minimum absolute atomic E-state index is 0.0738. The fraction of sp³-hybridized carbons (Fsp3) is 0.609. The normalized spacial score (nSPS) is 20.1. The number of ether oxygens (including phenoxy) is 1. The Morgan fingerprint density at radius 2 is 1.72 bits per heavy atom. The number of carbonyl (C=O) groups is 1. The van der Waals surface area contributed by atoms with Crippen LogP contribution < -0.4 is 4.90 Å². The van der Waals surface area contributed by atoms with Crippen LogP contribution in [-0.4, -0.2) is 53.5 Å².